The first-order chi connectivity index (χ1) is 9.88. The number of amides is 1. The standard InChI is InChI=1S/C15H20N4O2/c1-9-10(2)21-14(18-9)8-17-13-6-5-11(7-12(13)16)15(20)19(3)4/h5-7,17H,8,16H2,1-4H3. The first kappa shape index (κ1) is 14.9. The Morgan fingerprint density at radius 2 is 2.10 bits per heavy atom. The smallest absolute Gasteiger partial charge is 0.253 e. The second-order valence-corrected chi connectivity index (χ2v) is 5.10. The molecule has 1 aromatic heterocycles. The zero-order valence-electron chi connectivity index (χ0n) is 12.7. The average Bonchev–Trinajstić information content (AvgIpc) is 2.75. The van der Waals surface area contributed by atoms with Gasteiger partial charge in [-0.1, -0.05) is 0 Å². The van der Waals surface area contributed by atoms with E-state index in [2.05, 4.69) is 10.3 Å². The van der Waals surface area contributed by atoms with Crippen LogP contribution in [-0.2, 0) is 6.54 Å². The van der Waals surface area contributed by atoms with Gasteiger partial charge in [0.2, 0.25) is 5.89 Å². The Balaban J connectivity index is 2.09. The van der Waals surface area contributed by atoms with Gasteiger partial charge in [-0.2, -0.15) is 0 Å². The quantitative estimate of drug-likeness (QED) is 0.842. The molecule has 2 aromatic rings. The van der Waals surface area contributed by atoms with Crippen LogP contribution in [-0.4, -0.2) is 29.9 Å². The number of nitrogens with two attached hydrogens (primary N) is 1. The lowest BCUT2D eigenvalue weighted by Crippen LogP contribution is -2.21. The van der Waals surface area contributed by atoms with Gasteiger partial charge in [0.25, 0.3) is 5.91 Å². The summed E-state index contributed by atoms with van der Waals surface area (Å²) in [4.78, 5) is 17.7. The SMILES string of the molecule is Cc1nc(CNc2ccc(C(=O)N(C)C)cc2N)oc1C. The Hall–Kier alpha value is -2.50. The van der Waals surface area contributed by atoms with Gasteiger partial charge < -0.3 is 20.4 Å². The zero-order valence-corrected chi connectivity index (χ0v) is 12.7. The van der Waals surface area contributed by atoms with Gasteiger partial charge in [0.05, 0.1) is 23.6 Å². The highest BCUT2D eigenvalue weighted by atomic mass is 16.4. The number of oxazole rings is 1. The second-order valence-electron chi connectivity index (χ2n) is 5.10. The maximum atomic E-state index is 11.9. The third-order valence-corrected chi connectivity index (χ3v) is 3.21. The minimum Gasteiger partial charge on any atom is -0.444 e. The van der Waals surface area contributed by atoms with Gasteiger partial charge in [-0.25, -0.2) is 4.98 Å². The van der Waals surface area contributed by atoms with Crippen LogP contribution in [0.1, 0.15) is 27.7 Å². The molecule has 0 bridgehead atoms. The fourth-order valence-electron chi connectivity index (χ4n) is 1.90. The van der Waals surface area contributed by atoms with Crippen molar-refractivity contribution in [2.24, 2.45) is 0 Å². The number of rotatable bonds is 4. The van der Waals surface area contributed by atoms with Crippen LogP contribution in [0.2, 0.25) is 0 Å². The molecule has 0 saturated carbocycles. The lowest BCUT2D eigenvalue weighted by molar-refractivity contribution is 0.0827. The molecule has 0 spiro atoms. The average molecular weight is 288 g/mol. The van der Waals surface area contributed by atoms with E-state index in [1.54, 1.807) is 32.3 Å². The van der Waals surface area contributed by atoms with Crippen LogP contribution in [0.3, 0.4) is 0 Å². The van der Waals surface area contributed by atoms with E-state index in [0.29, 0.717) is 23.7 Å². The Morgan fingerprint density at radius 1 is 1.38 bits per heavy atom. The summed E-state index contributed by atoms with van der Waals surface area (Å²) in [5.74, 6) is 1.34. The number of anilines is 2. The Kier molecular flexibility index (Phi) is 4.16. The van der Waals surface area contributed by atoms with Crippen LogP contribution in [0, 0.1) is 13.8 Å². The third-order valence-electron chi connectivity index (χ3n) is 3.21. The molecule has 6 nitrogen and oxygen atoms in total. The number of nitrogens with zero attached hydrogens (tertiary/aromatic N) is 2. The maximum absolute atomic E-state index is 11.9. The summed E-state index contributed by atoms with van der Waals surface area (Å²) in [7, 11) is 3.41. The van der Waals surface area contributed by atoms with E-state index in [-0.39, 0.29) is 5.91 Å². The molecule has 0 unspecified atom stereocenters. The molecule has 21 heavy (non-hydrogen) atoms. The van der Waals surface area contributed by atoms with Crippen molar-refractivity contribution in [3.8, 4) is 0 Å². The molecule has 0 aliphatic heterocycles. The van der Waals surface area contributed by atoms with Crippen molar-refractivity contribution in [2.75, 3.05) is 25.1 Å². The summed E-state index contributed by atoms with van der Waals surface area (Å²) in [6.45, 7) is 4.22. The Morgan fingerprint density at radius 3 is 2.62 bits per heavy atom. The molecule has 0 atom stereocenters. The highest BCUT2D eigenvalue weighted by Crippen LogP contribution is 2.21. The van der Waals surface area contributed by atoms with E-state index in [1.165, 1.54) is 4.90 Å². The Bertz CT molecular complexity index is 642. The van der Waals surface area contributed by atoms with E-state index >= 15 is 0 Å². The monoisotopic (exact) mass is 288 g/mol. The Labute approximate surface area is 124 Å². The summed E-state index contributed by atoms with van der Waals surface area (Å²) in [6.07, 6.45) is 0. The number of carbonyl (C=O) groups is 1. The summed E-state index contributed by atoms with van der Waals surface area (Å²) >= 11 is 0. The van der Waals surface area contributed by atoms with Crippen molar-refractivity contribution in [1.29, 1.82) is 0 Å². The number of carbonyl (C=O) groups excluding carboxylic acids is 1. The van der Waals surface area contributed by atoms with E-state index in [4.69, 9.17) is 10.2 Å². The molecular weight excluding hydrogens is 268 g/mol. The van der Waals surface area contributed by atoms with E-state index in [9.17, 15) is 4.79 Å². The predicted octanol–water partition coefficient (Wildman–Crippen LogP) is 2.19. The first-order valence-corrected chi connectivity index (χ1v) is 6.66. The lowest BCUT2D eigenvalue weighted by atomic mass is 10.1. The number of hydrogen-bond acceptors (Lipinski definition) is 5. The highest BCUT2D eigenvalue weighted by Gasteiger charge is 2.11. The van der Waals surface area contributed by atoms with Crippen LogP contribution < -0.4 is 11.1 Å². The molecule has 3 N–H and O–H groups in total. The van der Waals surface area contributed by atoms with Crippen molar-refractivity contribution in [3.63, 3.8) is 0 Å². The molecular formula is C15H20N4O2. The number of nitrogens with one attached hydrogen (secondary N) is 1. The van der Waals surface area contributed by atoms with Gasteiger partial charge in [-0.3, -0.25) is 4.79 Å². The van der Waals surface area contributed by atoms with Gasteiger partial charge in [-0.15, -0.1) is 0 Å². The first-order valence-electron chi connectivity index (χ1n) is 6.66. The summed E-state index contributed by atoms with van der Waals surface area (Å²) in [5, 5.41) is 3.16. The number of aromatic nitrogens is 1. The van der Waals surface area contributed by atoms with Gasteiger partial charge >= 0.3 is 0 Å². The summed E-state index contributed by atoms with van der Waals surface area (Å²) in [6, 6.07) is 5.19. The van der Waals surface area contributed by atoms with Crippen LogP contribution >= 0.6 is 0 Å². The van der Waals surface area contributed by atoms with Crippen molar-refractivity contribution >= 4 is 17.3 Å². The fraction of sp³-hybridized carbons (Fsp3) is 0.333. The highest BCUT2D eigenvalue weighted by molar-refractivity contribution is 5.95. The molecule has 1 heterocycles. The lowest BCUT2D eigenvalue weighted by Gasteiger charge is -2.13. The van der Waals surface area contributed by atoms with Gasteiger partial charge in [0, 0.05) is 19.7 Å². The van der Waals surface area contributed by atoms with Crippen LogP contribution in [0.5, 0.6) is 0 Å². The van der Waals surface area contributed by atoms with Gasteiger partial charge in [0.1, 0.15) is 5.76 Å². The molecule has 1 aromatic carbocycles. The molecule has 0 radical (unpaired) electrons. The minimum absolute atomic E-state index is 0.0767. The molecule has 0 aliphatic rings. The molecule has 0 aliphatic carbocycles. The van der Waals surface area contributed by atoms with E-state index in [1.807, 2.05) is 13.8 Å². The predicted molar refractivity (Wildman–Crippen MR) is 82.2 cm³/mol. The van der Waals surface area contributed by atoms with Crippen molar-refractivity contribution in [3.05, 3.63) is 41.1 Å². The minimum atomic E-state index is -0.0767. The number of nitrogen functional groups attached to an aromatic ring is 1. The van der Waals surface area contributed by atoms with E-state index in [0.717, 1.165) is 17.1 Å². The molecule has 2 rings (SSSR count). The van der Waals surface area contributed by atoms with Gasteiger partial charge in [-0.05, 0) is 32.0 Å². The normalized spacial score (nSPS) is 10.5. The fourth-order valence-corrected chi connectivity index (χ4v) is 1.90. The summed E-state index contributed by atoms with van der Waals surface area (Å²) < 4.78 is 5.49. The van der Waals surface area contributed by atoms with Gasteiger partial charge in [0.15, 0.2) is 0 Å². The zero-order chi connectivity index (χ0) is 15.6. The number of aryl methyl sites for hydroxylation is 2. The molecule has 0 fully saturated rings. The van der Waals surface area contributed by atoms with E-state index < -0.39 is 0 Å². The largest absolute Gasteiger partial charge is 0.444 e. The molecule has 6 heteroatoms. The topological polar surface area (TPSA) is 84.4 Å². The van der Waals surface area contributed by atoms with Crippen molar-refractivity contribution in [1.82, 2.24) is 9.88 Å². The third kappa shape index (κ3) is 3.34. The molecule has 0 saturated heterocycles. The van der Waals surface area contributed by atoms with Crippen LogP contribution in [0.15, 0.2) is 22.6 Å². The number of benzene rings is 1. The maximum Gasteiger partial charge on any atom is 0.253 e. The second kappa shape index (κ2) is 5.87. The van der Waals surface area contributed by atoms with Crippen LogP contribution in [0.25, 0.3) is 0 Å². The van der Waals surface area contributed by atoms with Crippen molar-refractivity contribution < 1.29 is 9.21 Å². The summed E-state index contributed by atoms with van der Waals surface area (Å²) in [5.41, 5.74) is 8.68. The number of hydrogen-bond donors (Lipinski definition) is 2. The van der Waals surface area contributed by atoms with Crippen molar-refractivity contribution in [2.45, 2.75) is 20.4 Å². The molecule has 1 amide bonds. The van der Waals surface area contributed by atoms with Crippen LogP contribution in [0.4, 0.5) is 11.4 Å². The molecule has 112 valence electrons.